The van der Waals surface area contributed by atoms with Crippen LogP contribution in [0.5, 0.6) is 11.5 Å². The van der Waals surface area contributed by atoms with E-state index < -0.39 is 0 Å². The Morgan fingerprint density at radius 2 is 2.26 bits per heavy atom. The van der Waals surface area contributed by atoms with Crippen molar-refractivity contribution in [3.8, 4) is 11.5 Å². The third-order valence-corrected chi connectivity index (χ3v) is 5.76. The van der Waals surface area contributed by atoms with Gasteiger partial charge in [-0.15, -0.1) is 11.3 Å². The molecule has 0 saturated carbocycles. The van der Waals surface area contributed by atoms with Crippen LogP contribution in [-0.4, -0.2) is 42.0 Å². The van der Waals surface area contributed by atoms with Gasteiger partial charge >= 0.3 is 0 Å². The van der Waals surface area contributed by atoms with Gasteiger partial charge in [0, 0.05) is 30.1 Å². The first-order valence-electron chi connectivity index (χ1n) is 9.24. The Hall–Kier alpha value is -2.12. The summed E-state index contributed by atoms with van der Waals surface area (Å²) in [4.78, 5) is 19.2. The van der Waals surface area contributed by atoms with Crippen molar-refractivity contribution in [2.24, 2.45) is 11.7 Å². The SMILES string of the molecule is COc1cc(C(=O)N2CCCC(C(C)N)C2)ccc1OCc1csc(C)n1. The molecule has 146 valence electrons. The Labute approximate surface area is 164 Å². The molecule has 1 amide bonds. The number of likely N-dealkylation sites (tertiary alicyclic amines) is 1. The topological polar surface area (TPSA) is 77.7 Å². The van der Waals surface area contributed by atoms with E-state index in [0.717, 1.165) is 30.1 Å². The lowest BCUT2D eigenvalue weighted by molar-refractivity contribution is 0.0660. The highest BCUT2D eigenvalue weighted by molar-refractivity contribution is 7.09. The largest absolute Gasteiger partial charge is 0.493 e. The number of hydrogen-bond donors (Lipinski definition) is 1. The molecule has 2 atom stereocenters. The zero-order valence-corrected chi connectivity index (χ0v) is 16.9. The van der Waals surface area contributed by atoms with E-state index in [1.165, 1.54) is 0 Å². The Bertz CT molecular complexity index is 791. The van der Waals surface area contributed by atoms with Crippen LogP contribution in [0.25, 0.3) is 0 Å². The number of nitrogens with zero attached hydrogens (tertiary/aromatic N) is 2. The van der Waals surface area contributed by atoms with Crippen molar-refractivity contribution in [2.45, 2.75) is 39.3 Å². The van der Waals surface area contributed by atoms with Gasteiger partial charge in [0.2, 0.25) is 0 Å². The van der Waals surface area contributed by atoms with Gasteiger partial charge in [-0.05, 0) is 50.8 Å². The van der Waals surface area contributed by atoms with Gasteiger partial charge in [0.05, 0.1) is 17.8 Å². The molecule has 1 aliphatic heterocycles. The molecule has 0 radical (unpaired) electrons. The zero-order chi connectivity index (χ0) is 19.4. The Morgan fingerprint density at radius 3 is 2.93 bits per heavy atom. The van der Waals surface area contributed by atoms with E-state index in [-0.39, 0.29) is 11.9 Å². The van der Waals surface area contributed by atoms with Crippen LogP contribution in [0.2, 0.25) is 0 Å². The van der Waals surface area contributed by atoms with Crippen molar-refractivity contribution < 1.29 is 14.3 Å². The van der Waals surface area contributed by atoms with Crippen molar-refractivity contribution in [1.29, 1.82) is 0 Å². The van der Waals surface area contributed by atoms with Gasteiger partial charge in [-0.25, -0.2) is 4.98 Å². The highest BCUT2D eigenvalue weighted by atomic mass is 32.1. The minimum absolute atomic E-state index is 0.0142. The third-order valence-electron chi connectivity index (χ3n) is 4.94. The van der Waals surface area contributed by atoms with Gasteiger partial charge in [-0.3, -0.25) is 4.79 Å². The minimum Gasteiger partial charge on any atom is -0.493 e. The Kier molecular flexibility index (Phi) is 6.34. The van der Waals surface area contributed by atoms with E-state index in [2.05, 4.69) is 4.98 Å². The standard InChI is InChI=1S/C20H27N3O3S/c1-13(21)16-5-4-8-23(10-16)20(24)15-6-7-18(19(9-15)25-3)26-11-17-12-27-14(2)22-17/h6-7,9,12-13,16H,4-5,8,10-11,21H2,1-3H3. The summed E-state index contributed by atoms with van der Waals surface area (Å²) in [5.41, 5.74) is 7.53. The molecule has 3 rings (SSSR count). The Balaban J connectivity index is 1.70. The van der Waals surface area contributed by atoms with Crippen molar-refractivity contribution in [3.05, 3.63) is 39.8 Å². The van der Waals surface area contributed by atoms with E-state index >= 15 is 0 Å². The molecule has 1 saturated heterocycles. The highest BCUT2D eigenvalue weighted by Crippen LogP contribution is 2.30. The number of carbonyl (C=O) groups is 1. The van der Waals surface area contributed by atoms with Crippen molar-refractivity contribution in [3.63, 3.8) is 0 Å². The van der Waals surface area contributed by atoms with Crippen molar-refractivity contribution in [2.75, 3.05) is 20.2 Å². The summed E-state index contributed by atoms with van der Waals surface area (Å²) in [6.45, 7) is 5.82. The van der Waals surface area contributed by atoms with Crippen LogP contribution in [0.1, 0.15) is 40.8 Å². The second-order valence-corrected chi connectivity index (χ2v) is 8.09. The molecule has 2 N–H and O–H groups in total. The fraction of sp³-hybridized carbons (Fsp3) is 0.500. The molecule has 6 nitrogen and oxygen atoms in total. The molecular formula is C20H27N3O3S. The number of carbonyl (C=O) groups excluding carboxylic acids is 1. The number of benzene rings is 1. The quantitative estimate of drug-likeness (QED) is 0.821. The summed E-state index contributed by atoms with van der Waals surface area (Å²) in [5, 5.41) is 2.98. The summed E-state index contributed by atoms with van der Waals surface area (Å²) < 4.78 is 11.3. The van der Waals surface area contributed by atoms with Gasteiger partial charge in [0.25, 0.3) is 5.91 Å². The van der Waals surface area contributed by atoms with Crippen LogP contribution in [0.15, 0.2) is 23.6 Å². The lowest BCUT2D eigenvalue weighted by Gasteiger charge is -2.34. The van der Waals surface area contributed by atoms with E-state index in [4.69, 9.17) is 15.2 Å². The maximum absolute atomic E-state index is 12.9. The average molecular weight is 390 g/mol. The van der Waals surface area contributed by atoms with Crippen LogP contribution < -0.4 is 15.2 Å². The van der Waals surface area contributed by atoms with Crippen molar-refractivity contribution >= 4 is 17.2 Å². The smallest absolute Gasteiger partial charge is 0.254 e. The van der Waals surface area contributed by atoms with E-state index in [1.54, 1.807) is 36.6 Å². The van der Waals surface area contributed by atoms with E-state index in [9.17, 15) is 4.79 Å². The van der Waals surface area contributed by atoms with Gasteiger partial charge in [-0.1, -0.05) is 0 Å². The summed E-state index contributed by atoms with van der Waals surface area (Å²) >= 11 is 1.59. The molecule has 2 aromatic rings. The molecule has 1 aromatic heterocycles. The molecule has 1 aromatic carbocycles. The summed E-state index contributed by atoms with van der Waals surface area (Å²) in [5.74, 6) is 1.52. The molecule has 1 aliphatic rings. The second kappa shape index (κ2) is 8.71. The first-order valence-corrected chi connectivity index (χ1v) is 10.1. The van der Waals surface area contributed by atoms with Gasteiger partial charge < -0.3 is 20.1 Å². The lowest BCUT2D eigenvalue weighted by atomic mass is 9.92. The zero-order valence-electron chi connectivity index (χ0n) is 16.1. The highest BCUT2D eigenvalue weighted by Gasteiger charge is 2.27. The van der Waals surface area contributed by atoms with Crippen LogP contribution >= 0.6 is 11.3 Å². The average Bonchev–Trinajstić information content (AvgIpc) is 3.11. The van der Waals surface area contributed by atoms with E-state index in [0.29, 0.717) is 36.1 Å². The molecule has 1 fully saturated rings. The van der Waals surface area contributed by atoms with Crippen LogP contribution in [0, 0.1) is 12.8 Å². The normalized spacial score (nSPS) is 18.2. The number of hydrogen-bond acceptors (Lipinski definition) is 6. The number of ether oxygens (including phenoxy) is 2. The number of rotatable bonds is 6. The van der Waals surface area contributed by atoms with Gasteiger partial charge in [0.15, 0.2) is 11.5 Å². The molecule has 27 heavy (non-hydrogen) atoms. The van der Waals surface area contributed by atoms with Gasteiger partial charge in [0.1, 0.15) is 6.61 Å². The third kappa shape index (κ3) is 4.78. The molecule has 0 aliphatic carbocycles. The monoisotopic (exact) mass is 389 g/mol. The lowest BCUT2D eigenvalue weighted by Crippen LogP contribution is -2.45. The first kappa shape index (κ1) is 19.6. The number of nitrogens with two attached hydrogens (primary N) is 1. The number of methoxy groups -OCH3 is 1. The molecule has 2 heterocycles. The number of thiazole rings is 1. The summed E-state index contributed by atoms with van der Waals surface area (Å²) in [6.07, 6.45) is 2.07. The maximum atomic E-state index is 12.9. The number of piperidine rings is 1. The predicted molar refractivity (Wildman–Crippen MR) is 106 cm³/mol. The number of aromatic nitrogens is 1. The van der Waals surface area contributed by atoms with E-state index in [1.807, 2.05) is 24.1 Å². The maximum Gasteiger partial charge on any atom is 0.254 e. The molecule has 0 spiro atoms. The van der Waals surface area contributed by atoms with Crippen LogP contribution in [0.3, 0.4) is 0 Å². The predicted octanol–water partition coefficient (Wildman–Crippen LogP) is 3.24. The molecule has 7 heteroatoms. The van der Waals surface area contributed by atoms with Crippen molar-refractivity contribution in [1.82, 2.24) is 9.88 Å². The Morgan fingerprint density at radius 1 is 1.44 bits per heavy atom. The van der Waals surface area contributed by atoms with Crippen LogP contribution in [0.4, 0.5) is 0 Å². The fourth-order valence-electron chi connectivity index (χ4n) is 3.35. The first-order chi connectivity index (χ1) is 13.0. The summed E-state index contributed by atoms with van der Waals surface area (Å²) in [6, 6.07) is 5.43. The van der Waals surface area contributed by atoms with Gasteiger partial charge in [-0.2, -0.15) is 0 Å². The van der Waals surface area contributed by atoms with Crippen LogP contribution in [-0.2, 0) is 6.61 Å². The molecule has 2 unspecified atom stereocenters. The minimum atomic E-state index is 0.0142. The summed E-state index contributed by atoms with van der Waals surface area (Å²) in [7, 11) is 1.58. The molecule has 0 bridgehead atoms. The second-order valence-electron chi connectivity index (χ2n) is 7.02. The number of amides is 1. The molecular weight excluding hydrogens is 362 g/mol. The number of aryl methyl sites for hydroxylation is 1. The fourth-order valence-corrected chi connectivity index (χ4v) is 3.95.